The van der Waals surface area contributed by atoms with Crippen molar-refractivity contribution in [3.63, 3.8) is 0 Å². The number of para-hydroxylation sites is 1. The molecule has 1 fully saturated rings. The second-order valence-electron chi connectivity index (χ2n) is 10.2. The minimum Gasteiger partial charge on any atom is -0.504 e. The summed E-state index contributed by atoms with van der Waals surface area (Å²) in [6, 6.07) is 12.5. The summed E-state index contributed by atoms with van der Waals surface area (Å²) in [5.74, 6) is -2.15. The molecule has 1 saturated heterocycles. The fraction of sp³-hybridized carbons (Fsp3) is 0.419. The van der Waals surface area contributed by atoms with Crippen molar-refractivity contribution in [2.75, 3.05) is 32.3 Å². The van der Waals surface area contributed by atoms with Crippen LogP contribution in [0.4, 0.5) is 5.69 Å². The number of aromatic hydroxyl groups is 1. The summed E-state index contributed by atoms with van der Waals surface area (Å²) in [4.78, 5) is 28.2. The van der Waals surface area contributed by atoms with E-state index in [1.807, 2.05) is 25.1 Å². The van der Waals surface area contributed by atoms with Gasteiger partial charge in [0.15, 0.2) is 11.5 Å². The zero-order valence-electron chi connectivity index (χ0n) is 23.0. The molecule has 0 bridgehead atoms. The van der Waals surface area contributed by atoms with E-state index in [0.717, 1.165) is 23.1 Å². The molecule has 8 nitrogen and oxygen atoms in total. The van der Waals surface area contributed by atoms with Gasteiger partial charge in [-0.25, -0.2) is 0 Å². The van der Waals surface area contributed by atoms with Crippen LogP contribution in [-0.4, -0.2) is 60.7 Å². The molecule has 2 amide bonds. The van der Waals surface area contributed by atoms with Crippen LogP contribution >= 0.6 is 22.6 Å². The Morgan fingerprint density at radius 3 is 2.52 bits per heavy atom. The van der Waals surface area contributed by atoms with Gasteiger partial charge in [-0.15, -0.1) is 0 Å². The minimum atomic E-state index is -0.915. The molecule has 0 unspecified atom stereocenters. The van der Waals surface area contributed by atoms with Gasteiger partial charge in [0, 0.05) is 13.0 Å². The van der Waals surface area contributed by atoms with Crippen molar-refractivity contribution in [3.8, 4) is 11.5 Å². The van der Waals surface area contributed by atoms with Gasteiger partial charge in [-0.05, 0) is 89.2 Å². The molecule has 4 rings (SSSR count). The fourth-order valence-corrected chi connectivity index (χ4v) is 6.62. The summed E-state index contributed by atoms with van der Waals surface area (Å²) in [7, 11) is 3.06. The summed E-state index contributed by atoms with van der Waals surface area (Å²) >= 11 is 2.06. The maximum absolute atomic E-state index is 13.6. The molecule has 40 heavy (non-hydrogen) atoms. The van der Waals surface area contributed by atoms with Crippen LogP contribution in [0.15, 0.2) is 59.2 Å². The number of carbonyl (C=O) groups excluding carboxylic acids is 2. The number of benzene rings is 2. The molecule has 2 aromatic carbocycles. The number of carbonyl (C=O) groups is 2. The third kappa shape index (κ3) is 5.97. The van der Waals surface area contributed by atoms with E-state index in [9.17, 15) is 24.9 Å². The molecular formula is C31H36INO7. The molecule has 1 aliphatic carbocycles. The van der Waals surface area contributed by atoms with Crippen molar-refractivity contribution in [1.29, 1.82) is 0 Å². The normalized spacial score (nSPS) is 22.1. The van der Waals surface area contributed by atoms with Crippen molar-refractivity contribution in [2.24, 2.45) is 17.8 Å². The first-order valence-electron chi connectivity index (χ1n) is 13.4. The van der Waals surface area contributed by atoms with Gasteiger partial charge in [0.1, 0.15) is 0 Å². The largest absolute Gasteiger partial charge is 0.504 e. The number of imide groups is 1. The second kappa shape index (κ2) is 13.3. The molecule has 4 atom stereocenters. The Labute approximate surface area is 248 Å². The van der Waals surface area contributed by atoms with Crippen molar-refractivity contribution in [3.05, 3.63) is 68.3 Å². The Hall–Kier alpha value is -2.73. The lowest BCUT2D eigenvalue weighted by molar-refractivity contribution is -0.123. The summed E-state index contributed by atoms with van der Waals surface area (Å²) in [6.07, 6.45) is 3.13. The predicted molar refractivity (Wildman–Crippen MR) is 161 cm³/mol. The standard InChI is InChI=1S/C31H36INO7/c1-4-18(12-19-13-24(32)29(36)26(14-19)40-3)10-11-25(35)27-20(17-39-2)15-22-28(23(27)16-34)31(38)33(30(22)37)21-8-6-5-7-9-21/h5-9,12-14,22-23,25,28,34-36H,4,10-11,15-17H2,1-3H3/b18-12+/t22-,23+,25-,28-/m1/s1. The number of anilines is 1. The number of nitrogens with zero attached hydrogens (tertiary/aromatic N) is 1. The SMILES string of the molecule is CC/C(=C\c1cc(I)c(O)c(OC)c1)CC[C@@H](O)C1=C(COC)C[C@H]2C(=O)N(c3ccccc3)C(=O)[C@H]2[C@H]1CO. The van der Waals surface area contributed by atoms with Crippen molar-refractivity contribution in [1.82, 2.24) is 0 Å². The number of halogens is 1. The van der Waals surface area contributed by atoms with Crippen LogP contribution in [0, 0.1) is 21.3 Å². The molecule has 0 saturated carbocycles. The molecule has 214 valence electrons. The quantitative estimate of drug-likeness (QED) is 0.182. The highest BCUT2D eigenvalue weighted by Gasteiger charge is 2.55. The molecule has 3 N–H and O–H groups in total. The lowest BCUT2D eigenvalue weighted by Gasteiger charge is -2.36. The number of aliphatic hydroxyl groups is 2. The molecule has 9 heteroatoms. The minimum absolute atomic E-state index is 0.0998. The van der Waals surface area contributed by atoms with Crippen molar-refractivity contribution < 1.29 is 34.4 Å². The summed E-state index contributed by atoms with van der Waals surface area (Å²) in [6.45, 7) is 1.89. The van der Waals surface area contributed by atoms with Crippen molar-refractivity contribution >= 4 is 46.2 Å². The van der Waals surface area contributed by atoms with E-state index in [4.69, 9.17) is 9.47 Å². The zero-order chi connectivity index (χ0) is 29.0. The van der Waals surface area contributed by atoms with Gasteiger partial charge < -0.3 is 24.8 Å². The van der Waals surface area contributed by atoms with E-state index in [1.165, 1.54) is 12.0 Å². The van der Waals surface area contributed by atoms with E-state index >= 15 is 0 Å². The third-order valence-corrected chi connectivity index (χ3v) is 8.73. The van der Waals surface area contributed by atoms with Crippen LogP contribution in [0.3, 0.4) is 0 Å². The number of rotatable bonds is 11. The van der Waals surface area contributed by atoms with E-state index < -0.39 is 23.9 Å². The number of phenolic OH excluding ortho intramolecular Hbond substituents is 1. The Balaban J connectivity index is 1.59. The number of hydrogen-bond donors (Lipinski definition) is 3. The number of amides is 2. The van der Waals surface area contributed by atoms with Gasteiger partial charge in [0.05, 0.1) is 47.5 Å². The van der Waals surface area contributed by atoms with Crippen LogP contribution < -0.4 is 9.64 Å². The lowest BCUT2D eigenvalue weighted by Crippen LogP contribution is -2.39. The fourth-order valence-electron chi connectivity index (χ4n) is 5.99. The average molecular weight is 662 g/mol. The molecule has 1 aliphatic heterocycles. The highest BCUT2D eigenvalue weighted by molar-refractivity contribution is 14.1. The van der Waals surface area contributed by atoms with Crippen LogP contribution in [0.5, 0.6) is 11.5 Å². The summed E-state index contributed by atoms with van der Waals surface area (Å²) in [5.41, 5.74) is 3.86. The highest BCUT2D eigenvalue weighted by Crippen LogP contribution is 2.47. The third-order valence-electron chi connectivity index (χ3n) is 7.91. The van der Waals surface area contributed by atoms with Crippen molar-refractivity contribution in [2.45, 2.75) is 38.7 Å². The molecular weight excluding hydrogens is 625 g/mol. The van der Waals surface area contributed by atoms with Gasteiger partial charge in [-0.1, -0.05) is 36.8 Å². The smallest absolute Gasteiger partial charge is 0.238 e. The van der Waals surface area contributed by atoms with Gasteiger partial charge >= 0.3 is 0 Å². The topological polar surface area (TPSA) is 117 Å². The van der Waals surface area contributed by atoms with Gasteiger partial charge in [0.25, 0.3) is 0 Å². The first kappa shape index (κ1) is 30.2. The Kier molecular flexibility index (Phi) is 10.0. The average Bonchev–Trinajstić information content (AvgIpc) is 3.21. The molecule has 2 aliphatic rings. The number of ether oxygens (including phenoxy) is 2. The molecule has 0 aromatic heterocycles. The van der Waals surface area contributed by atoms with E-state index in [0.29, 0.717) is 39.8 Å². The molecule has 1 heterocycles. The number of hydrogen-bond acceptors (Lipinski definition) is 7. The van der Waals surface area contributed by atoms with Crippen LogP contribution in [0.25, 0.3) is 6.08 Å². The Morgan fingerprint density at radius 2 is 1.90 bits per heavy atom. The predicted octanol–water partition coefficient (Wildman–Crippen LogP) is 4.70. The molecule has 0 radical (unpaired) electrons. The zero-order valence-corrected chi connectivity index (χ0v) is 25.1. The van der Waals surface area contributed by atoms with E-state index in [-0.39, 0.29) is 30.8 Å². The first-order valence-corrected chi connectivity index (χ1v) is 14.5. The highest BCUT2D eigenvalue weighted by atomic mass is 127. The number of phenols is 1. The second-order valence-corrected chi connectivity index (χ2v) is 11.4. The number of allylic oxidation sites excluding steroid dienone is 1. The van der Waals surface area contributed by atoms with Crippen LogP contribution in [0.1, 0.15) is 38.2 Å². The Morgan fingerprint density at radius 1 is 1.18 bits per heavy atom. The van der Waals surface area contributed by atoms with Gasteiger partial charge in [-0.2, -0.15) is 0 Å². The van der Waals surface area contributed by atoms with Gasteiger partial charge in [-0.3, -0.25) is 14.5 Å². The maximum Gasteiger partial charge on any atom is 0.238 e. The Bertz CT molecular complexity index is 1310. The molecule has 2 aromatic rings. The monoisotopic (exact) mass is 661 g/mol. The van der Waals surface area contributed by atoms with Crippen LogP contribution in [0.2, 0.25) is 0 Å². The summed E-state index contributed by atoms with van der Waals surface area (Å²) < 4.78 is 11.4. The number of fused-ring (bicyclic) bond motifs is 1. The summed E-state index contributed by atoms with van der Waals surface area (Å²) in [5, 5.41) is 32.2. The lowest BCUT2D eigenvalue weighted by atomic mass is 9.68. The first-order chi connectivity index (χ1) is 19.2. The number of aliphatic hydroxyl groups excluding tert-OH is 2. The number of methoxy groups -OCH3 is 2. The van der Waals surface area contributed by atoms with E-state index in [2.05, 4.69) is 22.6 Å². The maximum atomic E-state index is 13.6. The van der Waals surface area contributed by atoms with Gasteiger partial charge in [0.2, 0.25) is 11.8 Å². The van der Waals surface area contributed by atoms with E-state index in [1.54, 1.807) is 37.4 Å². The molecule has 0 spiro atoms. The van der Waals surface area contributed by atoms with Crippen LogP contribution in [-0.2, 0) is 14.3 Å².